The van der Waals surface area contributed by atoms with E-state index in [0.717, 1.165) is 17.7 Å². The third-order valence-corrected chi connectivity index (χ3v) is 5.72. The molecule has 0 unspecified atom stereocenters. The molecule has 0 saturated carbocycles. The quantitative estimate of drug-likeness (QED) is 0.281. The largest absolute Gasteiger partial charge is 0.493 e. The van der Waals surface area contributed by atoms with Gasteiger partial charge in [0, 0.05) is 18.7 Å². The number of carbonyl (C=O) groups is 2. The maximum absolute atomic E-state index is 13.2. The Bertz CT molecular complexity index is 1100. The van der Waals surface area contributed by atoms with Crippen LogP contribution < -0.4 is 30.0 Å². The van der Waals surface area contributed by atoms with E-state index in [-0.39, 0.29) is 24.4 Å². The molecule has 1 atom stereocenters. The van der Waals surface area contributed by atoms with Gasteiger partial charge in [0.05, 0.1) is 14.2 Å². The van der Waals surface area contributed by atoms with Crippen molar-refractivity contribution >= 4 is 22.0 Å². The number of nitrogens with one attached hydrogen (secondary N) is 3. The predicted octanol–water partition coefficient (Wildman–Crippen LogP) is 1.26. The maximum atomic E-state index is 13.2. The average molecular weight is 511 g/mol. The summed E-state index contributed by atoms with van der Waals surface area (Å²) in [6.07, 6.45) is 1.64. The molecule has 5 N–H and O–H groups in total. The molecule has 2 aromatic carbocycles. The second-order valence-electron chi connectivity index (χ2n) is 7.70. The van der Waals surface area contributed by atoms with Crippen molar-refractivity contribution in [1.82, 2.24) is 15.4 Å². The van der Waals surface area contributed by atoms with Gasteiger partial charge in [-0.25, -0.2) is 14.3 Å². The first-order valence-corrected chi connectivity index (χ1v) is 12.5. The number of hydrogen-bond donors (Lipinski definition) is 4. The van der Waals surface area contributed by atoms with E-state index in [4.69, 9.17) is 14.6 Å². The van der Waals surface area contributed by atoms with E-state index < -0.39 is 28.0 Å². The van der Waals surface area contributed by atoms with Crippen LogP contribution in [0.1, 0.15) is 35.2 Å². The second-order valence-corrected chi connectivity index (χ2v) is 9.08. The van der Waals surface area contributed by atoms with E-state index in [1.54, 1.807) is 13.2 Å². The number of nitrogens with two attached hydrogens (primary N) is 1. The zero-order valence-corrected chi connectivity index (χ0v) is 20.5. The van der Waals surface area contributed by atoms with Crippen molar-refractivity contribution in [3.05, 3.63) is 59.4 Å². The van der Waals surface area contributed by atoms with Crippen molar-refractivity contribution in [1.29, 1.82) is 0 Å². The zero-order chi connectivity index (χ0) is 25.8. The molecular weight excluding hydrogens is 479 g/mol. The summed E-state index contributed by atoms with van der Waals surface area (Å²) in [6, 6.07) is 9.55. The van der Waals surface area contributed by atoms with Crippen molar-refractivity contribution in [3.8, 4) is 11.5 Å². The first-order valence-electron chi connectivity index (χ1n) is 11.0. The van der Waals surface area contributed by atoms with Gasteiger partial charge in [-0.3, -0.25) is 9.59 Å². The Morgan fingerprint density at radius 2 is 1.69 bits per heavy atom. The molecule has 0 spiro atoms. The first-order chi connectivity index (χ1) is 16.6. The van der Waals surface area contributed by atoms with E-state index in [0.29, 0.717) is 37.3 Å². The second kappa shape index (κ2) is 13.6. The van der Waals surface area contributed by atoms with Gasteiger partial charge in [-0.15, -0.1) is 0 Å². The van der Waals surface area contributed by atoms with Crippen molar-refractivity contribution in [2.75, 3.05) is 27.3 Å². The molecule has 0 aromatic heterocycles. The normalized spacial score (nSPS) is 12.0. The summed E-state index contributed by atoms with van der Waals surface area (Å²) in [5.74, 6) is -0.212. The minimum Gasteiger partial charge on any atom is -0.493 e. The van der Waals surface area contributed by atoms with E-state index in [1.165, 1.54) is 19.2 Å². The maximum Gasteiger partial charge on any atom is 0.274 e. The van der Waals surface area contributed by atoms with Crippen LogP contribution in [0.4, 0.5) is 4.39 Å². The summed E-state index contributed by atoms with van der Waals surface area (Å²) in [5, 5.41) is 10.4. The van der Waals surface area contributed by atoms with Gasteiger partial charge in [0.25, 0.3) is 16.1 Å². The molecule has 2 aromatic rings. The molecular formula is C23H31FN4O6S. The van der Waals surface area contributed by atoms with E-state index in [2.05, 4.69) is 15.4 Å². The fourth-order valence-electron chi connectivity index (χ4n) is 3.29. The molecule has 0 fully saturated rings. The number of methoxy groups -OCH3 is 2. The van der Waals surface area contributed by atoms with Crippen LogP contribution in [-0.4, -0.2) is 53.6 Å². The van der Waals surface area contributed by atoms with Gasteiger partial charge in [0.15, 0.2) is 11.5 Å². The van der Waals surface area contributed by atoms with Crippen LogP contribution in [0.25, 0.3) is 0 Å². The van der Waals surface area contributed by atoms with Crippen molar-refractivity contribution < 1.29 is 31.9 Å². The third-order valence-electron chi connectivity index (χ3n) is 5.11. The van der Waals surface area contributed by atoms with Gasteiger partial charge in [-0.2, -0.15) is 8.42 Å². The Morgan fingerprint density at radius 3 is 2.31 bits per heavy atom. The Labute approximate surface area is 204 Å². The van der Waals surface area contributed by atoms with Crippen molar-refractivity contribution in [2.45, 2.75) is 31.7 Å². The standard InChI is InChI=1S/C23H31FN4O6S/c1-33-20-11-6-16(15-21(20)34-2)12-14-26-23(30)19(5-3-4-13-27-35(25,31)32)28-22(29)17-7-9-18(24)10-8-17/h6-11,15,19,27H,3-5,12-14H2,1-2H3,(H,26,30)(H,28,29)(H2,25,31,32)/t19-/m0/s1. The molecule has 0 aliphatic carbocycles. The summed E-state index contributed by atoms with van der Waals surface area (Å²) in [6.45, 7) is 0.419. The number of halogens is 1. The number of carbonyl (C=O) groups excluding carboxylic acids is 2. The van der Waals surface area contributed by atoms with E-state index in [1.807, 2.05) is 12.1 Å². The molecule has 0 aliphatic heterocycles. The molecule has 0 aliphatic rings. The predicted molar refractivity (Wildman–Crippen MR) is 129 cm³/mol. The van der Waals surface area contributed by atoms with Crippen LogP contribution in [0.2, 0.25) is 0 Å². The number of unbranched alkanes of at least 4 members (excludes halogenated alkanes) is 1. The van der Waals surface area contributed by atoms with Crippen molar-refractivity contribution in [3.63, 3.8) is 0 Å². The SMILES string of the molecule is COc1ccc(CCNC(=O)[C@H](CCCCNS(N)(=O)=O)NC(=O)c2ccc(F)cc2)cc1OC. The van der Waals surface area contributed by atoms with Crippen molar-refractivity contribution in [2.24, 2.45) is 5.14 Å². The summed E-state index contributed by atoms with van der Waals surface area (Å²) >= 11 is 0. The average Bonchev–Trinajstić information content (AvgIpc) is 2.82. The highest BCUT2D eigenvalue weighted by atomic mass is 32.2. The van der Waals surface area contributed by atoms with E-state index >= 15 is 0 Å². The summed E-state index contributed by atoms with van der Waals surface area (Å²) in [7, 11) is -0.711. The van der Waals surface area contributed by atoms with Crippen LogP contribution in [-0.2, 0) is 21.4 Å². The van der Waals surface area contributed by atoms with Crippen LogP contribution >= 0.6 is 0 Å². The zero-order valence-electron chi connectivity index (χ0n) is 19.7. The van der Waals surface area contributed by atoms with Gasteiger partial charge in [-0.1, -0.05) is 6.07 Å². The Morgan fingerprint density at radius 1 is 1.00 bits per heavy atom. The Kier molecular flexibility index (Phi) is 10.9. The fraction of sp³-hybridized carbons (Fsp3) is 0.391. The molecule has 0 radical (unpaired) electrons. The number of ether oxygens (including phenoxy) is 2. The third kappa shape index (κ3) is 9.89. The highest BCUT2D eigenvalue weighted by Gasteiger charge is 2.21. The summed E-state index contributed by atoms with van der Waals surface area (Å²) < 4.78 is 47.8. The van der Waals surface area contributed by atoms with Gasteiger partial charge in [0.1, 0.15) is 11.9 Å². The number of rotatable bonds is 14. The molecule has 2 rings (SSSR count). The molecule has 10 nitrogen and oxygen atoms in total. The van der Waals surface area contributed by atoms with Crippen LogP contribution in [0.3, 0.4) is 0 Å². The molecule has 12 heteroatoms. The summed E-state index contributed by atoms with van der Waals surface area (Å²) in [5.41, 5.74) is 1.13. The van der Waals surface area contributed by atoms with Crippen LogP contribution in [0, 0.1) is 5.82 Å². The molecule has 0 heterocycles. The van der Waals surface area contributed by atoms with Crippen LogP contribution in [0.15, 0.2) is 42.5 Å². The Balaban J connectivity index is 1.97. The lowest BCUT2D eigenvalue weighted by molar-refractivity contribution is -0.123. The highest BCUT2D eigenvalue weighted by molar-refractivity contribution is 7.87. The first kappa shape index (κ1) is 28.0. The molecule has 0 saturated heterocycles. The topological polar surface area (TPSA) is 149 Å². The monoisotopic (exact) mass is 510 g/mol. The lowest BCUT2D eigenvalue weighted by Crippen LogP contribution is -2.47. The molecule has 35 heavy (non-hydrogen) atoms. The van der Waals surface area contributed by atoms with Gasteiger partial charge < -0.3 is 20.1 Å². The summed E-state index contributed by atoms with van der Waals surface area (Å²) in [4.78, 5) is 25.4. The number of benzene rings is 2. The molecule has 0 bridgehead atoms. The number of amides is 2. The van der Waals surface area contributed by atoms with Gasteiger partial charge in [0.2, 0.25) is 5.91 Å². The molecule has 2 amide bonds. The minimum absolute atomic E-state index is 0.110. The van der Waals surface area contributed by atoms with Crippen LogP contribution in [0.5, 0.6) is 11.5 Å². The Hall–Kier alpha value is -3.22. The smallest absolute Gasteiger partial charge is 0.274 e. The van der Waals surface area contributed by atoms with Gasteiger partial charge in [-0.05, 0) is 67.6 Å². The fourth-order valence-corrected chi connectivity index (χ4v) is 3.72. The highest BCUT2D eigenvalue weighted by Crippen LogP contribution is 2.27. The molecule has 192 valence electrons. The number of hydrogen-bond acceptors (Lipinski definition) is 6. The van der Waals surface area contributed by atoms with Gasteiger partial charge >= 0.3 is 0 Å². The lowest BCUT2D eigenvalue weighted by Gasteiger charge is -2.19. The lowest BCUT2D eigenvalue weighted by atomic mass is 10.1. The van der Waals surface area contributed by atoms with E-state index in [9.17, 15) is 22.4 Å². The minimum atomic E-state index is -3.79.